The summed E-state index contributed by atoms with van der Waals surface area (Å²) in [5.41, 5.74) is -1.40. The molecule has 1 heterocycles. The number of hydrogen-bond acceptors (Lipinski definition) is 3. The van der Waals surface area contributed by atoms with Crippen LogP contribution in [0.2, 0.25) is 0 Å². The highest BCUT2D eigenvalue weighted by Crippen LogP contribution is 2.40. The number of aliphatic hydroxyl groups excluding tert-OH is 1. The Balaban J connectivity index is 0.00000264. The predicted octanol–water partition coefficient (Wildman–Crippen LogP) is 2.24. The second-order valence-electron chi connectivity index (χ2n) is 4.99. The van der Waals surface area contributed by atoms with Gasteiger partial charge in [-0.2, -0.15) is 0 Å². The zero-order chi connectivity index (χ0) is 16.5. The first-order valence-electron chi connectivity index (χ1n) is 6.56. The molecule has 2 N–H and O–H groups in total. The highest BCUT2D eigenvalue weighted by molar-refractivity contribution is 5.85. The molecule has 10 heteroatoms. The molecule has 0 aromatic heterocycles. The fraction of sp³-hybridized carbons (Fsp3) is 0.538. The van der Waals surface area contributed by atoms with Gasteiger partial charge in [0.05, 0.1) is 5.56 Å². The van der Waals surface area contributed by atoms with Crippen molar-refractivity contribution in [2.24, 2.45) is 0 Å². The van der Waals surface area contributed by atoms with Crippen LogP contribution < -0.4 is 5.32 Å². The first-order chi connectivity index (χ1) is 10.3. The van der Waals surface area contributed by atoms with Gasteiger partial charge in [0.1, 0.15) is 12.6 Å². The van der Waals surface area contributed by atoms with Crippen LogP contribution in [0.3, 0.4) is 0 Å². The summed E-state index contributed by atoms with van der Waals surface area (Å²) in [6.45, 7) is -1.22. The molecule has 0 amide bonds. The van der Waals surface area contributed by atoms with E-state index in [1.165, 1.54) is 0 Å². The molecule has 0 radical (unpaired) electrons. The van der Waals surface area contributed by atoms with E-state index in [2.05, 4.69) is 5.32 Å². The molecule has 1 fully saturated rings. The fourth-order valence-corrected chi connectivity index (χ4v) is 2.52. The van der Waals surface area contributed by atoms with Crippen molar-refractivity contribution in [1.82, 2.24) is 10.2 Å². The van der Waals surface area contributed by atoms with Crippen molar-refractivity contribution in [3.05, 3.63) is 34.9 Å². The number of halogens is 7. The minimum atomic E-state index is -3.97. The molecule has 1 aromatic rings. The number of nitrogens with one attached hydrogen (secondary N) is 1. The molecule has 0 aliphatic carbocycles. The van der Waals surface area contributed by atoms with Crippen LogP contribution in [0.4, 0.5) is 26.3 Å². The fourth-order valence-electron chi connectivity index (χ4n) is 2.52. The average molecular weight is 365 g/mol. The third-order valence-corrected chi connectivity index (χ3v) is 3.55. The smallest absolute Gasteiger partial charge is 0.290 e. The predicted molar refractivity (Wildman–Crippen MR) is 72.7 cm³/mol. The van der Waals surface area contributed by atoms with Crippen LogP contribution in [0, 0.1) is 23.3 Å². The third-order valence-electron chi connectivity index (χ3n) is 3.55. The van der Waals surface area contributed by atoms with Gasteiger partial charge in [-0.3, -0.25) is 4.90 Å². The number of benzene rings is 1. The lowest BCUT2D eigenvalue weighted by Crippen LogP contribution is -2.51. The minimum absolute atomic E-state index is 0. The minimum Gasteiger partial charge on any atom is -0.390 e. The van der Waals surface area contributed by atoms with Gasteiger partial charge in [0, 0.05) is 32.2 Å². The lowest BCUT2D eigenvalue weighted by atomic mass is 9.96. The number of nitrogens with zero attached hydrogens (tertiary/aromatic N) is 1. The van der Waals surface area contributed by atoms with Crippen LogP contribution in [0.5, 0.6) is 0 Å². The Bertz CT molecular complexity index is 528. The second kappa shape index (κ2) is 7.69. The maximum Gasteiger partial charge on any atom is 0.290 e. The molecule has 132 valence electrons. The Hall–Kier alpha value is -1.03. The molecule has 1 aromatic carbocycles. The van der Waals surface area contributed by atoms with E-state index >= 15 is 0 Å². The van der Waals surface area contributed by atoms with Crippen LogP contribution >= 0.6 is 12.4 Å². The summed E-state index contributed by atoms with van der Waals surface area (Å²) in [7, 11) is 0. The van der Waals surface area contributed by atoms with Gasteiger partial charge in [0.25, 0.3) is 5.92 Å². The van der Waals surface area contributed by atoms with Gasteiger partial charge in [0.2, 0.25) is 0 Å². The molecule has 0 unspecified atom stereocenters. The van der Waals surface area contributed by atoms with E-state index in [0.29, 0.717) is 0 Å². The normalized spacial score (nSPS) is 17.7. The Morgan fingerprint density at radius 2 is 1.57 bits per heavy atom. The van der Waals surface area contributed by atoms with E-state index in [1.807, 2.05) is 0 Å². The SMILES string of the molecule is Cl.OCC(F)(F)[C@@H](c1c(F)c(F)cc(F)c1F)N1CCNCC1. The van der Waals surface area contributed by atoms with Crippen molar-refractivity contribution in [2.75, 3.05) is 32.8 Å². The highest BCUT2D eigenvalue weighted by atomic mass is 35.5. The van der Waals surface area contributed by atoms with Crippen molar-refractivity contribution in [2.45, 2.75) is 12.0 Å². The quantitative estimate of drug-likeness (QED) is 0.635. The van der Waals surface area contributed by atoms with Crippen molar-refractivity contribution in [3.63, 3.8) is 0 Å². The van der Waals surface area contributed by atoms with Crippen molar-refractivity contribution in [3.8, 4) is 0 Å². The van der Waals surface area contributed by atoms with Gasteiger partial charge < -0.3 is 10.4 Å². The lowest BCUT2D eigenvalue weighted by molar-refractivity contribution is -0.120. The van der Waals surface area contributed by atoms with Crippen LogP contribution in [0.25, 0.3) is 0 Å². The van der Waals surface area contributed by atoms with Crippen LogP contribution in [0.1, 0.15) is 11.6 Å². The van der Waals surface area contributed by atoms with Gasteiger partial charge in [-0.25, -0.2) is 26.3 Å². The Morgan fingerprint density at radius 3 is 2.00 bits per heavy atom. The number of hydrogen-bond donors (Lipinski definition) is 2. The summed E-state index contributed by atoms with van der Waals surface area (Å²) in [5, 5.41) is 11.7. The number of alkyl halides is 2. The van der Waals surface area contributed by atoms with Crippen molar-refractivity contribution < 1.29 is 31.4 Å². The average Bonchev–Trinajstić information content (AvgIpc) is 2.50. The topological polar surface area (TPSA) is 35.5 Å². The molecule has 0 saturated carbocycles. The maximum atomic E-state index is 14.0. The molecular weight excluding hydrogens is 350 g/mol. The number of rotatable bonds is 4. The summed E-state index contributed by atoms with van der Waals surface area (Å²) < 4.78 is 82.4. The first kappa shape index (κ1) is 20.0. The molecule has 1 saturated heterocycles. The van der Waals surface area contributed by atoms with E-state index in [0.717, 1.165) is 4.90 Å². The molecule has 1 atom stereocenters. The first-order valence-corrected chi connectivity index (χ1v) is 6.56. The molecule has 23 heavy (non-hydrogen) atoms. The molecule has 1 aliphatic rings. The summed E-state index contributed by atoms with van der Waals surface area (Å²) in [6, 6.07) is -2.34. The Labute approximate surface area is 134 Å². The maximum absolute atomic E-state index is 14.0. The molecule has 1 aliphatic heterocycles. The molecule has 2 rings (SSSR count). The highest BCUT2D eigenvalue weighted by Gasteiger charge is 2.47. The standard InChI is InChI=1S/C13H14F6N2O.ClH/c14-7-5-8(15)11(17)9(10(7)16)12(13(18,19)6-22)21-3-1-20-2-4-21;/h5,12,20,22H,1-4,6H2;1H/t12-;/m1./s1. The van der Waals surface area contributed by atoms with Crippen molar-refractivity contribution >= 4 is 12.4 Å². The van der Waals surface area contributed by atoms with Crippen LogP contribution in [-0.4, -0.2) is 48.7 Å². The Morgan fingerprint density at radius 1 is 1.09 bits per heavy atom. The second-order valence-corrected chi connectivity index (χ2v) is 4.99. The summed E-state index contributed by atoms with van der Waals surface area (Å²) in [6.07, 6.45) is 0. The molecule has 0 bridgehead atoms. The van der Waals surface area contributed by atoms with E-state index in [1.54, 1.807) is 0 Å². The lowest BCUT2D eigenvalue weighted by Gasteiger charge is -2.38. The van der Waals surface area contributed by atoms with Gasteiger partial charge in [0.15, 0.2) is 23.3 Å². The van der Waals surface area contributed by atoms with Gasteiger partial charge in [-0.15, -0.1) is 12.4 Å². The Kier molecular flexibility index (Phi) is 6.70. The van der Waals surface area contributed by atoms with Gasteiger partial charge >= 0.3 is 0 Å². The molecule has 3 nitrogen and oxygen atoms in total. The van der Waals surface area contributed by atoms with Gasteiger partial charge in [-0.05, 0) is 0 Å². The molecule has 0 spiro atoms. The zero-order valence-electron chi connectivity index (χ0n) is 11.8. The largest absolute Gasteiger partial charge is 0.390 e. The monoisotopic (exact) mass is 364 g/mol. The third kappa shape index (κ3) is 3.90. The van der Waals surface area contributed by atoms with Crippen LogP contribution in [0.15, 0.2) is 6.07 Å². The van der Waals surface area contributed by atoms with Gasteiger partial charge in [-0.1, -0.05) is 0 Å². The summed E-state index contributed by atoms with van der Waals surface area (Å²) in [4.78, 5) is 0.993. The van der Waals surface area contributed by atoms with Crippen LogP contribution in [-0.2, 0) is 0 Å². The van der Waals surface area contributed by atoms with Crippen molar-refractivity contribution in [1.29, 1.82) is 0 Å². The van der Waals surface area contributed by atoms with E-state index < -0.39 is 47.4 Å². The van der Waals surface area contributed by atoms with E-state index in [4.69, 9.17) is 5.11 Å². The van der Waals surface area contributed by atoms with E-state index in [9.17, 15) is 26.3 Å². The number of piperazine rings is 1. The zero-order valence-corrected chi connectivity index (χ0v) is 12.6. The summed E-state index contributed by atoms with van der Waals surface area (Å²) in [5.74, 6) is -11.3. The number of aliphatic hydroxyl groups is 1. The van der Waals surface area contributed by atoms with E-state index in [-0.39, 0.29) is 44.7 Å². The summed E-state index contributed by atoms with van der Waals surface area (Å²) >= 11 is 0. The molecular formula is C13H15ClF6N2O.